The number of rotatable bonds is 4. The zero-order valence-electron chi connectivity index (χ0n) is 9.19. The SMILES string of the molecule is CC(O)C(=O)OCC1CCC(CO)CC1. The highest BCUT2D eigenvalue weighted by molar-refractivity contribution is 5.73. The lowest BCUT2D eigenvalue weighted by Crippen LogP contribution is -2.25. The average molecular weight is 216 g/mol. The monoisotopic (exact) mass is 216 g/mol. The van der Waals surface area contributed by atoms with E-state index in [1.165, 1.54) is 6.92 Å². The molecule has 0 aromatic carbocycles. The highest BCUT2D eigenvalue weighted by Crippen LogP contribution is 2.28. The summed E-state index contributed by atoms with van der Waals surface area (Å²) in [5.74, 6) is 0.281. The molecule has 0 bridgehead atoms. The number of hydrogen-bond acceptors (Lipinski definition) is 4. The van der Waals surface area contributed by atoms with Crippen molar-refractivity contribution in [3.8, 4) is 0 Å². The molecule has 0 aromatic heterocycles. The predicted octanol–water partition coefficient (Wildman–Crippen LogP) is 0.709. The molecule has 0 spiro atoms. The van der Waals surface area contributed by atoms with Gasteiger partial charge in [0, 0.05) is 6.61 Å². The average Bonchev–Trinajstić information content (AvgIpc) is 2.26. The number of carbonyl (C=O) groups is 1. The summed E-state index contributed by atoms with van der Waals surface area (Å²) >= 11 is 0. The van der Waals surface area contributed by atoms with Crippen LogP contribution in [0.15, 0.2) is 0 Å². The van der Waals surface area contributed by atoms with E-state index in [4.69, 9.17) is 14.9 Å². The quantitative estimate of drug-likeness (QED) is 0.679. The van der Waals surface area contributed by atoms with Crippen LogP contribution in [-0.4, -0.2) is 35.5 Å². The van der Waals surface area contributed by atoms with Crippen molar-refractivity contribution in [1.82, 2.24) is 0 Å². The summed E-state index contributed by atoms with van der Waals surface area (Å²) in [5.41, 5.74) is 0. The smallest absolute Gasteiger partial charge is 0.334 e. The molecule has 1 rings (SSSR count). The Kier molecular flexibility index (Phi) is 5.05. The molecule has 2 N–H and O–H groups in total. The maximum Gasteiger partial charge on any atom is 0.334 e. The number of ether oxygens (including phenoxy) is 1. The minimum Gasteiger partial charge on any atom is -0.463 e. The van der Waals surface area contributed by atoms with Crippen LogP contribution < -0.4 is 0 Å². The van der Waals surface area contributed by atoms with Crippen LogP contribution in [0.2, 0.25) is 0 Å². The Balaban J connectivity index is 2.16. The highest BCUT2D eigenvalue weighted by atomic mass is 16.5. The third kappa shape index (κ3) is 4.18. The van der Waals surface area contributed by atoms with E-state index in [0.29, 0.717) is 18.4 Å². The molecule has 0 radical (unpaired) electrons. The fraction of sp³-hybridized carbons (Fsp3) is 0.909. The van der Waals surface area contributed by atoms with Crippen LogP contribution >= 0.6 is 0 Å². The first kappa shape index (κ1) is 12.5. The van der Waals surface area contributed by atoms with Crippen molar-refractivity contribution in [3.05, 3.63) is 0 Å². The topological polar surface area (TPSA) is 66.8 Å². The largest absolute Gasteiger partial charge is 0.463 e. The number of hydrogen-bond donors (Lipinski definition) is 2. The van der Waals surface area contributed by atoms with Crippen molar-refractivity contribution in [3.63, 3.8) is 0 Å². The molecule has 4 heteroatoms. The Bertz CT molecular complexity index is 195. The molecule has 1 atom stereocenters. The Morgan fingerprint density at radius 3 is 2.33 bits per heavy atom. The first-order chi connectivity index (χ1) is 7.13. The molecule has 88 valence electrons. The molecule has 1 aliphatic carbocycles. The van der Waals surface area contributed by atoms with Gasteiger partial charge in [-0.15, -0.1) is 0 Å². The molecule has 0 aromatic rings. The predicted molar refractivity (Wildman–Crippen MR) is 55.2 cm³/mol. The summed E-state index contributed by atoms with van der Waals surface area (Å²) in [6.07, 6.45) is 2.98. The van der Waals surface area contributed by atoms with Gasteiger partial charge in [-0.25, -0.2) is 4.79 Å². The van der Waals surface area contributed by atoms with Crippen LogP contribution in [0.4, 0.5) is 0 Å². The molecular weight excluding hydrogens is 196 g/mol. The third-order valence-electron chi connectivity index (χ3n) is 3.03. The summed E-state index contributed by atoms with van der Waals surface area (Å²) in [6.45, 7) is 2.08. The Morgan fingerprint density at radius 2 is 1.87 bits per heavy atom. The maximum absolute atomic E-state index is 11.0. The number of carbonyl (C=O) groups excluding carboxylic acids is 1. The van der Waals surface area contributed by atoms with Gasteiger partial charge in [0.05, 0.1) is 6.61 Å². The van der Waals surface area contributed by atoms with Gasteiger partial charge in [0.2, 0.25) is 0 Å². The van der Waals surface area contributed by atoms with Crippen LogP contribution in [0.5, 0.6) is 0 Å². The van der Waals surface area contributed by atoms with E-state index in [1.807, 2.05) is 0 Å². The molecule has 1 saturated carbocycles. The molecule has 0 aliphatic heterocycles. The van der Waals surface area contributed by atoms with Gasteiger partial charge in [-0.05, 0) is 44.4 Å². The van der Waals surface area contributed by atoms with E-state index >= 15 is 0 Å². The van der Waals surface area contributed by atoms with Crippen LogP contribution in [0.3, 0.4) is 0 Å². The van der Waals surface area contributed by atoms with Gasteiger partial charge in [-0.2, -0.15) is 0 Å². The Hall–Kier alpha value is -0.610. The molecule has 1 fully saturated rings. The van der Waals surface area contributed by atoms with Gasteiger partial charge in [-0.3, -0.25) is 0 Å². The van der Waals surface area contributed by atoms with E-state index in [-0.39, 0.29) is 6.61 Å². The van der Waals surface area contributed by atoms with Crippen LogP contribution in [0.25, 0.3) is 0 Å². The minimum absolute atomic E-state index is 0.264. The van der Waals surface area contributed by atoms with Gasteiger partial charge < -0.3 is 14.9 Å². The van der Waals surface area contributed by atoms with E-state index in [2.05, 4.69) is 0 Å². The Morgan fingerprint density at radius 1 is 1.33 bits per heavy atom. The van der Waals surface area contributed by atoms with E-state index in [0.717, 1.165) is 25.7 Å². The fourth-order valence-corrected chi connectivity index (χ4v) is 1.90. The van der Waals surface area contributed by atoms with Gasteiger partial charge in [-0.1, -0.05) is 0 Å². The van der Waals surface area contributed by atoms with E-state index in [1.54, 1.807) is 0 Å². The zero-order chi connectivity index (χ0) is 11.3. The highest BCUT2D eigenvalue weighted by Gasteiger charge is 2.22. The van der Waals surface area contributed by atoms with Gasteiger partial charge in [0.25, 0.3) is 0 Å². The van der Waals surface area contributed by atoms with Crippen molar-refractivity contribution in [2.75, 3.05) is 13.2 Å². The first-order valence-corrected chi connectivity index (χ1v) is 5.59. The molecule has 4 nitrogen and oxygen atoms in total. The molecule has 0 saturated heterocycles. The standard InChI is InChI=1S/C11H20O4/c1-8(13)11(14)15-7-10-4-2-9(6-12)3-5-10/h8-10,12-13H,2-7H2,1H3. The maximum atomic E-state index is 11.0. The molecular formula is C11H20O4. The second-order valence-electron chi connectivity index (χ2n) is 4.38. The fourth-order valence-electron chi connectivity index (χ4n) is 1.90. The van der Waals surface area contributed by atoms with Gasteiger partial charge >= 0.3 is 5.97 Å². The summed E-state index contributed by atoms with van der Waals surface area (Å²) in [5, 5.41) is 17.9. The number of aliphatic hydroxyl groups excluding tert-OH is 2. The van der Waals surface area contributed by atoms with Crippen LogP contribution in [-0.2, 0) is 9.53 Å². The lowest BCUT2D eigenvalue weighted by molar-refractivity contribution is -0.154. The number of aliphatic hydroxyl groups is 2. The van der Waals surface area contributed by atoms with Crippen molar-refractivity contribution in [2.45, 2.75) is 38.7 Å². The van der Waals surface area contributed by atoms with Crippen molar-refractivity contribution in [2.24, 2.45) is 11.8 Å². The van der Waals surface area contributed by atoms with Crippen molar-refractivity contribution in [1.29, 1.82) is 0 Å². The lowest BCUT2D eigenvalue weighted by atomic mass is 9.83. The summed E-state index contributed by atoms with van der Waals surface area (Å²) in [7, 11) is 0. The zero-order valence-corrected chi connectivity index (χ0v) is 9.19. The van der Waals surface area contributed by atoms with Crippen molar-refractivity contribution >= 4 is 5.97 Å². The van der Waals surface area contributed by atoms with Gasteiger partial charge in [0.1, 0.15) is 6.10 Å². The molecule has 0 amide bonds. The van der Waals surface area contributed by atoms with E-state index < -0.39 is 12.1 Å². The lowest BCUT2D eigenvalue weighted by Gasteiger charge is -2.26. The van der Waals surface area contributed by atoms with E-state index in [9.17, 15) is 4.79 Å². The second-order valence-corrected chi connectivity index (χ2v) is 4.38. The summed E-state index contributed by atoms with van der Waals surface area (Å²) in [4.78, 5) is 11.0. The van der Waals surface area contributed by atoms with Crippen LogP contribution in [0, 0.1) is 11.8 Å². The van der Waals surface area contributed by atoms with Crippen molar-refractivity contribution < 1.29 is 19.7 Å². The van der Waals surface area contributed by atoms with Gasteiger partial charge in [0.15, 0.2) is 0 Å². The summed E-state index contributed by atoms with van der Waals surface area (Å²) in [6, 6.07) is 0. The molecule has 1 unspecified atom stereocenters. The normalized spacial score (nSPS) is 28.5. The molecule has 0 heterocycles. The summed E-state index contributed by atoms with van der Waals surface area (Å²) < 4.78 is 4.96. The third-order valence-corrected chi connectivity index (χ3v) is 3.03. The second kappa shape index (κ2) is 6.08. The first-order valence-electron chi connectivity index (χ1n) is 5.59. The minimum atomic E-state index is -1.03. The molecule has 1 aliphatic rings. The Labute approximate surface area is 90.2 Å². The van der Waals surface area contributed by atoms with Crippen LogP contribution in [0.1, 0.15) is 32.6 Å². The molecule has 15 heavy (non-hydrogen) atoms. The number of esters is 1.